The molecule has 0 spiro atoms. The van der Waals surface area contributed by atoms with Crippen LogP contribution in [0.2, 0.25) is 0 Å². The van der Waals surface area contributed by atoms with E-state index in [9.17, 15) is 9.59 Å². The zero-order valence-electron chi connectivity index (χ0n) is 15.2. The van der Waals surface area contributed by atoms with E-state index in [0.717, 1.165) is 23.2 Å². The fourth-order valence-electron chi connectivity index (χ4n) is 4.45. The molecule has 2 aliphatic heterocycles. The van der Waals surface area contributed by atoms with Gasteiger partial charge in [0.05, 0.1) is 5.92 Å². The van der Waals surface area contributed by atoms with E-state index in [1.165, 1.54) is 16.6 Å². The second-order valence-corrected chi connectivity index (χ2v) is 7.41. The molecule has 1 aromatic heterocycles. The van der Waals surface area contributed by atoms with Gasteiger partial charge in [0.15, 0.2) is 0 Å². The molecular weight excluding hydrogens is 338 g/mol. The smallest absolute Gasteiger partial charge is 0.234 e. The van der Waals surface area contributed by atoms with Gasteiger partial charge < -0.3 is 14.8 Å². The predicted molar refractivity (Wildman–Crippen MR) is 105 cm³/mol. The lowest BCUT2D eigenvalue weighted by Gasteiger charge is -2.28. The summed E-state index contributed by atoms with van der Waals surface area (Å²) in [5, 5.41) is 1.19. The molecular formula is C22H21N3O2. The van der Waals surface area contributed by atoms with Gasteiger partial charge in [0, 0.05) is 60.8 Å². The minimum atomic E-state index is -0.372. The number of hydrogen-bond donors (Lipinski definition) is 1. The number of aromatic amines is 1. The SMILES string of the molecule is CN1C(=O)C(CC(=O)N2CCc3[nH]c4ccccc4c3C2)c2ccccc21. The number of hydrogen-bond acceptors (Lipinski definition) is 2. The molecule has 3 aromatic rings. The van der Waals surface area contributed by atoms with Crippen molar-refractivity contribution < 1.29 is 9.59 Å². The molecule has 0 fully saturated rings. The number of likely N-dealkylation sites (N-methyl/N-ethyl adjacent to an activating group) is 1. The molecule has 3 heterocycles. The first-order valence-corrected chi connectivity index (χ1v) is 9.36. The number of H-pyrrole nitrogens is 1. The highest BCUT2D eigenvalue weighted by Gasteiger charge is 2.37. The summed E-state index contributed by atoms with van der Waals surface area (Å²) in [6.07, 6.45) is 1.06. The van der Waals surface area contributed by atoms with Crippen molar-refractivity contribution in [1.29, 1.82) is 0 Å². The maximum atomic E-state index is 13.0. The van der Waals surface area contributed by atoms with Crippen LogP contribution in [0, 0.1) is 0 Å². The van der Waals surface area contributed by atoms with Gasteiger partial charge in [-0.3, -0.25) is 9.59 Å². The number of rotatable bonds is 2. The van der Waals surface area contributed by atoms with E-state index in [1.54, 1.807) is 11.9 Å². The van der Waals surface area contributed by atoms with Crippen LogP contribution in [0.15, 0.2) is 48.5 Å². The zero-order valence-corrected chi connectivity index (χ0v) is 15.2. The van der Waals surface area contributed by atoms with Crippen molar-refractivity contribution in [2.75, 3.05) is 18.5 Å². The number of amides is 2. The summed E-state index contributed by atoms with van der Waals surface area (Å²) in [5.41, 5.74) is 5.43. The Morgan fingerprint density at radius 3 is 2.81 bits per heavy atom. The monoisotopic (exact) mass is 359 g/mol. The van der Waals surface area contributed by atoms with Crippen LogP contribution in [0.4, 0.5) is 5.69 Å². The second-order valence-electron chi connectivity index (χ2n) is 7.41. The Hall–Kier alpha value is -3.08. The maximum absolute atomic E-state index is 13.0. The van der Waals surface area contributed by atoms with Gasteiger partial charge in [0.2, 0.25) is 11.8 Å². The summed E-state index contributed by atoms with van der Waals surface area (Å²) in [6.45, 7) is 1.30. The first-order valence-electron chi connectivity index (χ1n) is 9.36. The second kappa shape index (κ2) is 5.98. The van der Waals surface area contributed by atoms with E-state index in [0.29, 0.717) is 13.1 Å². The third kappa shape index (κ3) is 2.46. The van der Waals surface area contributed by atoms with Crippen molar-refractivity contribution in [3.63, 3.8) is 0 Å². The standard InChI is InChI=1S/C22H21N3O2/c1-24-20-9-5-3-7-15(20)16(22(24)27)12-21(26)25-11-10-19-17(13-25)14-6-2-4-8-18(14)23-19/h2-9,16,23H,10-13H2,1H3. The van der Waals surface area contributed by atoms with Gasteiger partial charge in [-0.1, -0.05) is 36.4 Å². The van der Waals surface area contributed by atoms with Crippen molar-refractivity contribution in [2.45, 2.75) is 25.3 Å². The lowest BCUT2D eigenvalue weighted by atomic mass is 9.96. The average Bonchev–Trinajstić information content (AvgIpc) is 3.19. The molecule has 0 aliphatic carbocycles. The van der Waals surface area contributed by atoms with Gasteiger partial charge in [-0.15, -0.1) is 0 Å². The van der Waals surface area contributed by atoms with Crippen molar-refractivity contribution in [2.24, 2.45) is 0 Å². The van der Waals surface area contributed by atoms with Gasteiger partial charge in [-0.05, 0) is 17.7 Å². The van der Waals surface area contributed by atoms with Crippen molar-refractivity contribution in [3.8, 4) is 0 Å². The van der Waals surface area contributed by atoms with Gasteiger partial charge in [0.25, 0.3) is 0 Å². The van der Waals surface area contributed by atoms with Crippen LogP contribution in [0.3, 0.4) is 0 Å². The molecule has 27 heavy (non-hydrogen) atoms. The Bertz CT molecular complexity index is 1070. The molecule has 1 N–H and O–H groups in total. The Balaban J connectivity index is 1.39. The molecule has 0 bridgehead atoms. The first kappa shape index (κ1) is 16.1. The predicted octanol–water partition coefficient (Wildman–Crippen LogP) is 3.20. The lowest BCUT2D eigenvalue weighted by molar-refractivity contribution is -0.134. The van der Waals surface area contributed by atoms with Crippen LogP contribution in [0.25, 0.3) is 10.9 Å². The number of para-hydroxylation sites is 2. The number of benzene rings is 2. The highest BCUT2D eigenvalue weighted by molar-refractivity contribution is 6.06. The third-order valence-corrected chi connectivity index (χ3v) is 5.92. The number of fused-ring (bicyclic) bond motifs is 4. The fourth-order valence-corrected chi connectivity index (χ4v) is 4.45. The van der Waals surface area contributed by atoms with E-state index in [1.807, 2.05) is 41.3 Å². The Morgan fingerprint density at radius 2 is 1.93 bits per heavy atom. The van der Waals surface area contributed by atoms with E-state index >= 15 is 0 Å². The minimum absolute atomic E-state index is 0.00865. The largest absolute Gasteiger partial charge is 0.358 e. The number of carbonyl (C=O) groups is 2. The van der Waals surface area contributed by atoms with Crippen LogP contribution in [-0.2, 0) is 22.6 Å². The summed E-state index contributed by atoms with van der Waals surface area (Å²) in [5.74, 6) is -0.313. The Morgan fingerprint density at radius 1 is 1.15 bits per heavy atom. The molecule has 2 aliphatic rings. The summed E-state index contributed by atoms with van der Waals surface area (Å²) in [7, 11) is 1.78. The molecule has 1 unspecified atom stereocenters. The number of nitrogens with one attached hydrogen (secondary N) is 1. The fraction of sp³-hybridized carbons (Fsp3) is 0.273. The summed E-state index contributed by atoms with van der Waals surface area (Å²) in [4.78, 5) is 32.7. The molecule has 5 rings (SSSR count). The molecule has 0 saturated heterocycles. The normalized spacial score (nSPS) is 18.7. The maximum Gasteiger partial charge on any atom is 0.234 e. The number of nitrogens with zero attached hydrogens (tertiary/aromatic N) is 2. The summed E-state index contributed by atoms with van der Waals surface area (Å²) in [6, 6.07) is 16.0. The highest BCUT2D eigenvalue weighted by Crippen LogP contribution is 2.38. The van der Waals surface area contributed by atoms with E-state index < -0.39 is 0 Å². The topological polar surface area (TPSA) is 56.4 Å². The van der Waals surface area contributed by atoms with Gasteiger partial charge in [-0.25, -0.2) is 0 Å². The van der Waals surface area contributed by atoms with E-state index in [-0.39, 0.29) is 24.2 Å². The molecule has 5 nitrogen and oxygen atoms in total. The molecule has 0 saturated carbocycles. The number of anilines is 1. The molecule has 5 heteroatoms. The quantitative estimate of drug-likeness (QED) is 0.764. The average molecular weight is 359 g/mol. The van der Waals surface area contributed by atoms with Gasteiger partial charge in [-0.2, -0.15) is 0 Å². The zero-order chi connectivity index (χ0) is 18.5. The Kier molecular flexibility index (Phi) is 3.57. The van der Waals surface area contributed by atoms with Gasteiger partial charge in [0.1, 0.15) is 0 Å². The number of carbonyl (C=O) groups excluding carboxylic acids is 2. The van der Waals surface area contributed by atoms with Crippen LogP contribution in [0.1, 0.15) is 29.2 Å². The van der Waals surface area contributed by atoms with Crippen molar-refractivity contribution >= 4 is 28.4 Å². The molecule has 2 aromatic carbocycles. The molecule has 136 valence electrons. The van der Waals surface area contributed by atoms with E-state index in [2.05, 4.69) is 17.1 Å². The third-order valence-electron chi connectivity index (χ3n) is 5.92. The van der Waals surface area contributed by atoms with Crippen LogP contribution >= 0.6 is 0 Å². The number of aromatic nitrogens is 1. The van der Waals surface area contributed by atoms with Crippen LogP contribution < -0.4 is 4.90 Å². The summed E-state index contributed by atoms with van der Waals surface area (Å²) < 4.78 is 0. The molecule has 2 amide bonds. The van der Waals surface area contributed by atoms with Crippen molar-refractivity contribution in [1.82, 2.24) is 9.88 Å². The minimum Gasteiger partial charge on any atom is -0.358 e. The Labute approximate surface area is 157 Å². The highest BCUT2D eigenvalue weighted by atomic mass is 16.2. The lowest BCUT2D eigenvalue weighted by Crippen LogP contribution is -2.37. The summed E-state index contributed by atoms with van der Waals surface area (Å²) >= 11 is 0. The first-order chi connectivity index (χ1) is 13.1. The van der Waals surface area contributed by atoms with Crippen LogP contribution in [-0.4, -0.2) is 35.3 Å². The van der Waals surface area contributed by atoms with E-state index in [4.69, 9.17) is 0 Å². The molecule has 1 atom stereocenters. The van der Waals surface area contributed by atoms with Gasteiger partial charge >= 0.3 is 0 Å². The van der Waals surface area contributed by atoms with Crippen LogP contribution in [0.5, 0.6) is 0 Å². The van der Waals surface area contributed by atoms with Crippen molar-refractivity contribution in [3.05, 3.63) is 65.4 Å². The molecule has 0 radical (unpaired) electrons.